The van der Waals surface area contributed by atoms with E-state index in [1.165, 1.54) is 30.6 Å². The Bertz CT molecular complexity index is 1140. The molecule has 1 atom stereocenters. The second-order valence-electron chi connectivity index (χ2n) is 7.92. The maximum atomic E-state index is 13.3. The Kier molecular flexibility index (Phi) is 6.78. The standard InChI is InChI=1S/C24H24FN3O2S/c1-16(13-26)9-24-27-14-20(31-24)6-8-23-28-21-7-5-19(11-22(21)30-23)29-15-18(12-25)10-17-3-2-4-17/h5-9,11,14,17-18H,2-4,10,12,15H2,1H3/b8-6+,16-9+. The molecule has 2 aromatic heterocycles. The minimum Gasteiger partial charge on any atom is -0.493 e. The van der Waals surface area contributed by atoms with E-state index < -0.39 is 0 Å². The Balaban J connectivity index is 1.39. The van der Waals surface area contributed by atoms with E-state index in [9.17, 15) is 4.39 Å². The van der Waals surface area contributed by atoms with E-state index in [0.717, 1.165) is 21.8 Å². The summed E-state index contributed by atoms with van der Waals surface area (Å²) in [7, 11) is 0. The maximum absolute atomic E-state index is 13.3. The van der Waals surface area contributed by atoms with Crippen molar-refractivity contribution >= 4 is 40.7 Å². The molecule has 0 bridgehead atoms. The van der Waals surface area contributed by atoms with E-state index in [1.54, 1.807) is 31.3 Å². The zero-order valence-corrected chi connectivity index (χ0v) is 18.2. The van der Waals surface area contributed by atoms with Crippen LogP contribution in [0.5, 0.6) is 5.75 Å². The number of alkyl halides is 1. The highest BCUT2D eigenvalue weighted by Gasteiger charge is 2.22. The van der Waals surface area contributed by atoms with Gasteiger partial charge in [-0.15, -0.1) is 11.3 Å². The van der Waals surface area contributed by atoms with E-state index in [-0.39, 0.29) is 12.6 Å². The van der Waals surface area contributed by atoms with E-state index in [2.05, 4.69) is 16.0 Å². The number of ether oxygens (including phenoxy) is 1. The number of halogens is 1. The van der Waals surface area contributed by atoms with Crippen molar-refractivity contribution in [2.75, 3.05) is 13.3 Å². The monoisotopic (exact) mass is 437 g/mol. The maximum Gasteiger partial charge on any atom is 0.220 e. The van der Waals surface area contributed by atoms with Gasteiger partial charge >= 0.3 is 0 Å². The molecule has 7 heteroatoms. The smallest absolute Gasteiger partial charge is 0.220 e. The van der Waals surface area contributed by atoms with Crippen LogP contribution < -0.4 is 4.74 Å². The van der Waals surface area contributed by atoms with Gasteiger partial charge in [-0.1, -0.05) is 19.3 Å². The van der Waals surface area contributed by atoms with Crippen molar-refractivity contribution in [2.24, 2.45) is 11.8 Å². The lowest BCUT2D eigenvalue weighted by Gasteiger charge is -2.28. The van der Waals surface area contributed by atoms with E-state index in [1.807, 2.05) is 18.2 Å². The van der Waals surface area contributed by atoms with Crippen molar-refractivity contribution in [1.29, 1.82) is 5.26 Å². The molecule has 3 aromatic rings. The second kappa shape index (κ2) is 9.88. The molecule has 2 heterocycles. The number of oxazole rings is 1. The third kappa shape index (κ3) is 5.59. The van der Waals surface area contributed by atoms with Crippen molar-refractivity contribution in [3.63, 3.8) is 0 Å². The topological polar surface area (TPSA) is 71.9 Å². The molecule has 31 heavy (non-hydrogen) atoms. The number of nitriles is 1. The molecular formula is C24H24FN3O2S. The molecule has 1 saturated carbocycles. The Hall–Kier alpha value is -2.98. The molecule has 4 rings (SSSR count). The van der Waals surface area contributed by atoms with Crippen molar-refractivity contribution in [2.45, 2.75) is 32.6 Å². The van der Waals surface area contributed by atoms with Crippen molar-refractivity contribution < 1.29 is 13.5 Å². The lowest BCUT2D eigenvalue weighted by atomic mass is 9.79. The van der Waals surface area contributed by atoms with Crippen LogP contribution in [0.15, 0.2) is 34.4 Å². The summed E-state index contributed by atoms with van der Waals surface area (Å²) in [6, 6.07) is 7.58. The van der Waals surface area contributed by atoms with Gasteiger partial charge in [0.1, 0.15) is 16.3 Å². The highest BCUT2D eigenvalue weighted by molar-refractivity contribution is 7.13. The number of hydrogen-bond donors (Lipinski definition) is 0. The summed E-state index contributed by atoms with van der Waals surface area (Å²) in [5.74, 6) is 1.76. The van der Waals surface area contributed by atoms with Crippen molar-refractivity contribution in [3.05, 3.63) is 45.7 Å². The summed E-state index contributed by atoms with van der Waals surface area (Å²) in [4.78, 5) is 9.69. The van der Waals surface area contributed by atoms with Gasteiger partial charge in [0.25, 0.3) is 0 Å². The highest BCUT2D eigenvalue weighted by atomic mass is 32.1. The molecule has 0 N–H and O–H groups in total. The largest absolute Gasteiger partial charge is 0.493 e. The molecule has 5 nitrogen and oxygen atoms in total. The van der Waals surface area contributed by atoms with Crippen molar-refractivity contribution in [3.8, 4) is 11.8 Å². The van der Waals surface area contributed by atoms with Gasteiger partial charge < -0.3 is 9.15 Å². The Morgan fingerprint density at radius 2 is 2.29 bits per heavy atom. The zero-order valence-electron chi connectivity index (χ0n) is 17.4. The van der Waals surface area contributed by atoms with Crippen LogP contribution in [0.3, 0.4) is 0 Å². The molecule has 1 fully saturated rings. The first-order valence-electron chi connectivity index (χ1n) is 10.4. The average Bonchev–Trinajstić information content (AvgIpc) is 3.36. The predicted molar refractivity (Wildman–Crippen MR) is 121 cm³/mol. The summed E-state index contributed by atoms with van der Waals surface area (Å²) < 4.78 is 25.0. The van der Waals surface area contributed by atoms with Gasteiger partial charge in [-0.2, -0.15) is 5.26 Å². The average molecular weight is 438 g/mol. The van der Waals surface area contributed by atoms with E-state index >= 15 is 0 Å². The van der Waals surface area contributed by atoms with Gasteiger partial charge in [0.05, 0.1) is 19.4 Å². The molecule has 0 aliphatic heterocycles. The second-order valence-corrected chi connectivity index (χ2v) is 9.01. The van der Waals surface area contributed by atoms with Gasteiger partial charge in [-0.3, -0.25) is 4.39 Å². The van der Waals surface area contributed by atoms with Crippen LogP contribution in [0.2, 0.25) is 0 Å². The predicted octanol–water partition coefficient (Wildman–Crippen LogP) is 6.54. The number of benzene rings is 1. The summed E-state index contributed by atoms with van der Waals surface area (Å²) in [5.41, 5.74) is 1.98. The van der Waals surface area contributed by atoms with Crippen LogP contribution in [0, 0.1) is 23.2 Å². The molecule has 1 aliphatic carbocycles. The summed E-state index contributed by atoms with van der Waals surface area (Å²) >= 11 is 1.48. The van der Waals surface area contributed by atoms with Gasteiger partial charge in [0.2, 0.25) is 5.89 Å². The Labute approximate surface area is 184 Å². The number of nitrogens with zero attached hydrogens (tertiary/aromatic N) is 3. The molecule has 0 radical (unpaired) electrons. The third-order valence-corrected chi connectivity index (χ3v) is 6.33. The number of thiazole rings is 1. The molecule has 1 aromatic carbocycles. The van der Waals surface area contributed by atoms with E-state index in [0.29, 0.717) is 35.3 Å². The molecular weight excluding hydrogens is 413 g/mol. The number of hydrogen-bond acceptors (Lipinski definition) is 6. The molecule has 1 aliphatic rings. The van der Waals surface area contributed by atoms with Gasteiger partial charge in [0.15, 0.2) is 5.58 Å². The molecule has 160 valence electrons. The fraction of sp³-hybridized carbons (Fsp3) is 0.375. The fourth-order valence-corrected chi connectivity index (χ4v) is 4.31. The number of aromatic nitrogens is 2. The first-order valence-corrected chi connectivity index (χ1v) is 11.3. The fourth-order valence-electron chi connectivity index (χ4n) is 3.49. The Morgan fingerprint density at radius 1 is 1.42 bits per heavy atom. The van der Waals surface area contributed by atoms with Crippen LogP contribution in [0.4, 0.5) is 4.39 Å². The summed E-state index contributed by atoms with van der Waals surface area (Å²) in [5, 5.41) is 9.64. The quantitative estimate of drug-likeness (QED) is 0.356. The van der Waals surface area contributed by atoms with Crippen molar-refractivity contribution in [1.82, 2.24) is 9.97 Å². The minimum atomic E-state index is -0.346. The number of allylic oxidation sites excluding steroid dienone is 1. The first-order chi connectivity index (χ1) is 15.1. The molecule has 0 spiro atoms. The lowest BCUT2D eigenvalue weighted by Crippen LogP contribution is -2.21. The zero-order chi connectivity index (χ0) is 21.6. The number of rotatable bonds is 9. The minimum absolute atomic E-state index is 0.0506. The molecule has 1 unspecified atom stereocenters. The van der Waals surface area contributed by atoms with Crippen LogP contribution in [-0.4, -0.2) is 23.2 Å². The highest BCUT2D eigenvalue weighted by Crippen LogP contribution is 2.33. The van der Waals surface area contributed by atoms with Crippen LogP contribution in [-0.2, 0) is 0 Å². The molecule has 0 saturated heterocycles. The number of fused-ring (bicyclic) bond motifs is 1. The van der Waals surface area contributed by atoms with E-state index in [4.69, 9.17) is 14.4 Å². The summed E-state index contributed by atoms with van der Waals surface area (Å²) in [6.07, 6.45) is 11.8. The van der Waals surface area contributed by atoms with Gasteiger partial charge in [-0.05, 0) is 43.5 Å². The Morgan fingerprint density at radius 3 is 3.03 bits per heavy atom. The first kappa shape index (κ1) is 21.3. The lowest BCUT2D eigenvalue weighted by molar-refractivity contribution is 0.160. The SMILES string of the molecule is C/C(C#N)=C\c1ncc(/C=C/c2nc3ccc(OCC(CF)CC4CCC4)cc3o2)s1. The van der Waals surface area contributed by atoms with Crippen LogP contribution in [0.1, 0.15) is 48.4 Å². The van der Waals surface area contributed by atoms with Crippen LogP contribution >= 0.6 is 11.3 Å². The van der Waals surface area contributed by atoms with Gasteiger partial charge in [0, 0.05) is 34.7 Å². The third-order valence-electron chi connectivity index (χ3n) is 5.42. The van der Waals surface area contributed by atoms with Crippen LogP contribution in [0.25, 0.3) is 29.3 Å². The normalized spacial score (nSPS) is 15.8. The molecule has 0 amide bonds. The summed E-state index contributed by atoms with van der Waals surface area (Å²) in [6.45, 7) is 1.79. The van der Waals surface area contributed by atoms with Gasteiger partial charge in [-0.25, -0.2) is 9.97 Å².